The highest BCUT2D eigenvalue weighted by molar-refractivity contribution is 6.33. The maximum atomic E-state index is 6.09. The molecule has 0 atom stereocenters. The molecule has 2 aromatic rings. The van der Waals surface area contributed by atoms with Gasteiger partial charge in [-0.1, -0.05) is 41.9 Å². The van der Waals surface area contributed by atoms with E-state index in [0.29, 0.717) is 22.3 Å². The van der Waals surface area contributed by atoms with Gasteiger partial charge >= 0.3 is 0 Å². The third-order valence-corrected chi connectivity index (χ3v) is 2.50. The lowest BCUT2D eigenvalue weighted by atomic mass is 10.1. The number of methoxy groups -OCH3 is 1. The fraction of sp³-hybridized carbons (Fsp3) is 0.0833. The first-order valence-corrected chi connectivity index (χ1v) is 5.15. The molecule has 0 aliphatic heterocycles. The molecule has 0 aliphatic carbocycles. The summed E-state index contributed by atoms with van der Waals surface area (Å²) in [5, 5.41) is 0.518. The van der Waals surface area contributed by atoms with Crippen molar-refractivity contribution in [2.45, 2.75) is 0 Å². The molecule has 0 unspecified atom stereocenters. The number of ether oxygens (including phenoxy) is 1. The summed E-state index contributed by atoms with van der Waals surface area (Å²) in [6, 6.07) is 11.3. The van der Waals surface area contributed by atoms with Crippen LogP contribution in [0.5, 0.6) is 5.88 Å². The molecule has 1 heterocycles. The van der Waals surface area contributed by atoms with E-state index >= 15 is 0 Å². The topological polar surface area (TPSA) is 48.1 Å². The minimum atomic E-state index is 0.392. The molecule has 0 amide bonds. The maximum absolute atomic E-state index is 6.09. The van der Waals surface area contributed by atoms with Crippen LogP contribution in [0.2, 0.25) is 5.02 Å². The van der Waals surface area contributed by atoms with Gasteiger partial charge in [0.1, 0.15) is 0 Å². The third kappa shape index (κ3) is 1.95. The second kappa shape index (κ2) is 4.41. The van der Waals surface area contributed by atoms with Crippen LogP contribution in [0.1, 0.15) is 0 Å². The summed E-state index contributed by atoms with van der Waals surface area (Å²) < 4.78 is 5.07. The number of pyridine rings is 1. The average Bonchev–Trinajstić information content (AvgIpc) is 2.30. The molecule has 0 bridgehead atoms. The van der Waals surface area contributed by atoms with Gasteiger partial charge in [0.25, 0.3) is 0 Å². The van der Waals surface area contributed by atoms with Crippen molar-refractivity contribution in [2.24, 2.45) is 0 Å². The van der Waals surface area contributed by atoms with Gasteiger partial charge in [-0.25, -0.2) is 4.98 Å². The van der Waals surface area contributed by atoms with E-state index in [1.807, 2.05) is 30.3 Å². The number of aromatic nitrogens is 1. The van der Waals surface area contributed by atoms with Gasteiger partial charge < -0.3 is 10.5 Å². The standard InChI is InChI=1S/C12H11ClN2O/c1-16-12-10(14)7-9(13)11(15-12)8-5-3-2-4-6-8/h2-7H,14H2,1H3. The van der Waals surface area contributed by atoms with Crippen LogP contribution < -0.4 is 10.5 Å². The van der Waals surface area contributed by atoms with Crippen LogP contribution >= 0.6 is 11.6 Å². The fourth-order valence-corrected chi connectivity index (χ4v) is 1.72. The largest absolute Gasteiger partial charge is 0.480 e. The van der Waals surface area contributed by atoms with Gasteiger partial charge in [-0.15, -0.1) is 0 Å². The van der Waals surface area contributed by atoms with E-state index in [2.05, 4.69) is 4.98 Å². The monoisotopic (exact) mass is 234 g/mol. The molecule has 0 fully saturated rings. The number of nitrogens with zero attached hydrogens (tertiary/aromatic N) is 1. The van der Waals surface area contributed by atoms with Gasteiger partial charge in [0, 0.05) is 5.56 Å². The molecule has 0 saturated carbocycles. The summed E-state index contributed by atoms with van der Waals surface area (Å²) in [4.78, 5) is 4.28. The van der Waals surface area contributed by atoms with E-state index in [1.54, 1.807) is 6.07 Å². The predicted molar refractivity (Wildman–Crippen MR) is 65.6 cm³/mol. The molecule has 0 saturated heterocycles. The Labute approximate surface area is 98.8 Å². The molecule has 2 rings (SSSR count). The molecule has 82 valence electrons. The molecule has 2 N–H and O–H groups in total. The van der Waals surface area contributed by atoms with Crippen LogP contribution in [-0.4, -0.2) is 12.1 Å². The second-order valence-electron chi connectivity index (χ2n) is 3.28. The SMILES string of the molecule is COc1nc(-c2ccccc2)c(Cl)cc1N. The molecular formula is C12H11ClN2O. The number of hydrogen-bond acceptors (Lipinski definition) is 3. The van der Waals surface area contributed by atoms with E-state index in [-0.39, 0.29) is 0 Å². The summed E-state index contributed by atoms with van der Waals surface area (Å²) in [6.07, 6.45) is 0. The number of nitrogens with two attached hydrogens (primary N) is 1. The van der Waals surface area contributed by atoms with Crippen LogP contribution in [0, 0.1) is 0 Å². The van der Waals surface area contributed by atoms with E-state index in [9.17, 15) is 0 Å². The predicted octanol–water partition coefficient (Wildman–Crippen LogP) is 2.99. The van der Waals surface area contributed by atoms with E-state index in [1.165, 1.54) is 7.11 Å². The summed E-state index contributed by atoms with van der Waals surface area (Å²) in [5.74, 6) is 0.392. The molecule has 4 heteroatoms. The zero-order valence-corrected chi connectivity index (χ0v) is 9.53. The van der Waals surface area contributed by atoms with Gasteiger partial charge in [-0.05, 0) is 6.07 Å². The third-order valence-electron chi connectivity index (χ3n) is 2.21. The Morgan fingerprint density at radius 2 is 1.94 bits per heavy atom. The van der Waals surface area contributed by atoms with Gasteiger partial charge in [-0.2, -0.15) is 0 Å². The number of hydrogen-bond donors (Lipinski definition) is 1. The number of rotatable bonds is 2. The van der Waals surface area contributed by atoms with Gasteiger partial charge in [0.15, 0.2) is 0 Å². The van der Waals surface area contributed by atoms with Crippen LogP contribution in [0.3, 0.4) is 0 Å². The Morgan fingerprint density at radius 3 is 2.56 bits per heavy atom. The Hall–Kier alpha value is -1.74. The van der Waals surface area contributed by atoms with Crippen molar-refractivity contribution < 1.29 is 4.74 Å². The maximum Gasteiger partial charge on any atom is 0.237 e. The summed E-state index contributed by atoms with van der Waals surface area (Å²) in [5.41, 5.74) is 7.75. The molecule has 16 heavy (non-hydrogen) atoms. The number of anilines is 1. The first-order chi connectivity index (χ1) is 7.72. The lowest BCUT2D eigenvalue weighted by Gasteiger charge is -2.08. The van der Waals surface area contributed by atoms with E-state index in [4.69, 9.17) is 22.1 Å². The molecule has 0 radical (unpaired) electrons. The highest BCUT2D eigenvalue weighted by atomic mass is 35.5. The number of benzene rings is 1. The first-order valence-electron chi connectivity index (χ1n) is 4.78. The average molecular weight is 235 g/mol. The van der Waals surface area contributed by atoms with Crippen molar-refractivity contribution >= 4 is 17.3 Å². The Morgan fingerprint density at radius 1 is 1.25 bits per heavy atom. The van der Waals surface area contributed by atoms with Crippen LogP contribution in [0.4, 0.5) is 5.69 Å². The van der Waals surface area contributed by atoms with Crippen molar-refractivity contribution in [3.8, 4) is 17.1 Å². The summed E-state index contributed by atoms with van der Waals surface area (Å²) in [7, 11) is 1.53. The molecular weight excluding hydrogens is 224 g/mol. The van der Waals surface area contributed by atoms with Crippen molar-refractivity contribution in [3.05, 3.63) is 41.4 Å². The Kier molecular flexibility index (Phi) is 2.97. The molecule has 0 spiro atoms. The van der Waals surface area contributed by atoms with Gasteiger partial charge in [-0.3, -0.25) is 0 Å². The van der Waals surface area contributed by atoms with Crippen molar-refractivity contribution in [2.75, 3.05) is 12.8 Å². The van der Waals surface area contributed by atoms with E-state index < -0.39 is 0 Å². The van der Waals surface area contributed by atoms with Crippen LogP contribution in [0.15, 0.2) is 36.4 Å². The Bertz CT molecular complexity index is 500. The highest BCUT2D eigenvalue weighted by Gasteiger charge is 2.10. The van der Waals surface area contributed by atoms with Crippen LogP contribution in [0.25, 0.3) is 11.3 Å². The van der Waals surface area contributed by atoms with Gasteiger partial charge in [0.2, 0.25) is 5.88 Å². The van der Waals surface area contributed by atoms with Crippen molar-refractivity contribution in [1.82, 2.24) is 4.98 Å². The molecule has 1 aromatic carbocycles. The first kappa shape index (κ1) is 10.8. The quantitative estimate of drug-likeness (QED) is 0.869. The second-order valence-corrected chi connectivity index (χ2v) is 3.69. The zero-order chi connectivity index (χ0) is 11.5. The summed E-state index contributed by atoms with van der Waals surface area (Å²) in [6.45, 7) is 0. The lowest BCUT2D eigenvalue weighted by Crippen LogP contribution is -1.97. The fourth-order valence-electron chi connectivity index (χ4n) is 1.45. The molecule has 0 aliphatic rings. The summed E-state index contributed by atoms with van der Waals surface area (Å²) >= 11 is 6.09. The minimum absolute atomic E-state index is 0.392. The van der Waals surface area contributed by atoms with Crippen molar-refractivity contribution in [3.63, 3.8) is 0 Å². The molecule has 1 aromatic heterocycles. The van der Waals surface area contributed by atoms with Crippen molar-refractivity contribution in [1.29, 1.82) is 0 Å². The smallest absolute Gasteiger partial charge is 0.237 e. The van der Waals surface area contributed by atoms with E-state index in [0.717, 1.165) is 5.56 Å². The van der Waals surface area contributed by atoms with Gasteiger partial charge in [0.05, 0.1) is 23.5 Å². The number of halogens is 1. The molecule has 3 nitrogen and oxygen atoms in total. The lowest BCUT2D eigenvalue weighted by molar-refractivity contribution is 0.401. The zero-order valence-electron chi connectivity index (χ0n) is 8.77. The minimum Gasteiger partial charge on any atom is -0.480 e. The normalized spacial score (nSPS) is 10.1. The highest BCUT2D eigenvalue weighted by Crippen LogP contribution is 2.31. The Balaban J connectivity index is 2.57. The number of nitrogen functional groups attached to an aromatic ring is 1. The van der Waals surface area contributed by atoms with Crippen LogP contribution in [-0.2, 0) is 0 Å².